The minimum absolute atomic E-state index is 0.633. The van der Waals surface area contributed by atoms with Crippen molar-refractivity contribution in [3.8, 4) is 6.07 Å². The van der Waals surface area contributed by atoms with Crippen LogP contribution in [0.5, 0.6) is 0 Å². The summed E-state index contributed by atoms with van der Waals surface area (Å²) < 4.78 is 0. The average Bonchev–Trinajstić information content (AvgIpc) is 2.86. The molecule has 1 saturated carbocycles. The SMILES string of the molecule is CCN(c1c(C)cccc1C#N)C1CCCC1. The minimum Gasteiger partial charge on any atom is -0.368 e. The summed E-state index contributed by atoms with van der Waals surface area (Å²) in [5, 5.41) is 9.25. The summed E-state index contributed by atoms with van der Waals surface area (Å²) in [5.74, 6) is 0. The van der Waals surface area contributed by atoms with Crippen molar-refractivity contribution < 1.29 is 0 Å². The summed E-state index contributed by atoms with van der Waals surface area (Å²) in [6.07, 6.45) is 5.20. The summed E-state index contributed by atoms with van der Waals surface area (Å²) in [5.41, 5.74) is 3.20. The molecule has 1 fully saturated rings. The molecule has 2 nitrogen and oxygen atoms in total. The fourth-order valence-corrected chi connectivity index (χ4v) is 2.95. The summed E-state index contributed by atoms with van der Waals surface area (Å²) in [7, 11) is 0. The highest BCUT2D eigenvalue weighted by atomic mass is 15.2. The van der Waals surface area contributed by atoms with Gasteiger partial charge in [-0.05, 0) is 38.3 Å². The van der Waals surface area contributed by atoms with Crippen molar-refractivity contribution in [2.24, 2.45) is 0 Å². The Balaban J connectivity index is 2.39. The molecule has 0 bridgehead atoms. The van der Waals surface area contributed by atoms with Gasteiger partial charge in [0.2, 0.25) is 0 Å². The zero-order valence-electron chi connectivity index (χ0n) is 10.7. The third-order valence-electron chi connectivity index (χ3n) is 3.75. The molecule has 0 N–H and O–H groups in total. The number of anilines is 1. The molecule has 90 valence electrons. The Labute approximate surface area is 104 Å². The van der Waals surface area contributed by atoms with Crippen LogP contribution in [0.3, 0.4) is 0 Å². The van der Waals surface area contributed by atoms with Gasteiger partial charge in [0, 0.05) is 12.6 Å². The predicted octanol–water partition coefficient (Wildman–Crippen LogP) is 3.64. The quantitative estimate of drug-likeness (QED) is 0.789. The summed E-state index contributed by atoms with van der Waals surface area (Å²) in [4.78, 5) is 2.43. The molecule has 0 atom stereocenters. The molecule has 0 amide bonds. The summed E-state index contributed by atoms with van der Waals surface area (Å²) in [6, 6.07) is 8.97. The van der Waals surface area contributed by atoms with Gasteiger partial charge in [-0.3, -0.25) is 0 Å². The highest BCUT2D eigenvalue weighted by molar-refractivity contribution is 5.64. The molecule has 1 aliphatic carbocycles. The number of benzene rings is 1. The molecule has 1 aromatic carbocycles. The monoisotopic (exact) mass is 228 g/mol. The lowest BCUT2D eigenvalue weighted by Gasteiger charge is -2.32. The van der Waals surface area contributed by atoms with Crippen molar-refractivity contribution in [1.29, 1.82) is 5.26 Å². The number of hydrogen-bond donors (Lipinski definition) is 0. The van der Waals surface area contributed by atoms with Gasteiger partial charge in [0.05, 0.1) is 11.3 Å². The van der Waals surface area contributed by atoms with Gasteiger partial charge in [0.25, 0.3) is 0 Å². The molecule has 2 heteroatoms. The van der Waals surface area contributed by atoms with E-state index >= 15 is 0 Å². The fraction of sp³-hybridized carbons (Fsp3) is 0.533. The van der Waals surface area contributed by atoms with E-state index in [1.807, 2.05) is 12.1 Å². The second-order valence-corrected chi connectivity index (χ2v) is 4.81. The van der Waals surface area contributed by atoms with Gasteiger partial charge in [-0.2, -0.15) is 5.26 Å². The summed E-state index contributed by atoms with van der Waals surface area (Å²) >= 11 is 0. The molecule has 17 heavy (non-hydrogen) atoms. The molecular formula is C15H20N2. The number of rotatable bonds is 3. The van der Waals surface area contributed by atoms with Crippen molar-refractivity contribution >= 4 is 5.69 Å². The van der Waals surface area contributed by atoms with Gasteiger partial charge in [-0.25, -0.2) is 0 Å². The zero-order valence-corrected chi connectivity index (χ0v) is 10.7. The van der Waals surface area contributed by atoms with Crippen LogP contribution in [-0.2, 0) is 0 Å². The molecule has 1 aliphatic rings. The maximum Gasteiger partial charge on any atom is 0.101 e. The van der Waals surface area contributed by atoms with Crippen LogP contribution >= 0.6 is 0 Å². The number of para-hydroxylation sites is 1. The van der Waals surface area contributed by atoms with Crippen LogP contribution in [0.15, 0.2) is 18.2 Å². The summed E-state index contributed by atoms with van der Waals surface area (Å²) in [6.45, 7) is 5.28. The lowest BCUT2D eigenvalue weighted by molar-refractivity contribution is 0.618. The maximum absolute atomic E-state index is 9.25. The third-order valence-corrected chi connectivity index (χ3v) is 3.75. The van der Waals surface area contributed by atoms with Crippen LogP contribution in [-0.4, -0.2) is 12.6 Å². The van der Waals surface area contributed by atoms with Gasteiger partial charge in [-0.1, -0.05) is 25.0 Å². The number of nitrogens with zero attached hydrogens (tertiary/aromatic N) is 2. The number of hydrogen-bond acceptors (Lipinski definition) is 2. The number of nitriles is 1. The smallest absolute Gasteiger partial charge is 0.101 e. The molecule has 0 heterocycles. The van der Waals surface area contributed by atoms with E-state index in [1.165, 1.54) is 31.2 Å². The second kappa shape index (κ2) is 5.23. The van der Waals surface area contributed by atoms with Gasteiger partial charge in [-0.15, -0.1) is 0 Å². The Hall–Kier alpha value is -1.49. The Bertz CT molecular complexity index is 425. The molecule has 0 spiro atoms. The molecule has 0 aliphatic heterocycles. The van der Waals surface area contributed by atoms with E-state index < -0.39 is 0 Å². The Morgan fingerprint density at radius 3 is 2.65 bits per heavy atom. The van der Waals surface area contributed by atoms with Crippen LogP contribution in [0.2, 0.25) is 0 Å². The first kappa shape index (κ1) is 12.0. The number of aryl methyl sites for hydroxylation is 1. The first-order valence-corrected chi connectivity index (χ1v) is 6.54. The highest BCUT2D eigenvalue weighted by Crippen LogP contribution is 2.32. The third kappa shape index (κ3) is 2.29. The first-order chi connectivity index (χ1) is 8.27. The zero-order chi connectivity index (χ0) is 12.3. The van der Waals surface area contributed by atoms with Gasteiger partial charge < -0.3 is 4.90 Å². The van der Waals surface area contributed by atoms with Crippen molar-refractivity contribution in [3.05, 3.63) is 29.3 Å². The lowest BCUT2D eigenvalue weighted by Crippen LogP contribution is -2.34. The van der Waals surface area contributed by atoms with Crippen LogP contribution in [0, 0.1) is 18.3 Å². The maximum atomic E-state index is 9.25. The van der Waals surface area contributed by atoms with Gasteiger partial charge >= 0.3 is 0 Å². The minimum atomic E-state index is 0.633. The molecule has 0 unspecified atom stereocenters. The molecule has 0 saturated heterocycles. The van der Waals surface area contributed by atoms with Gasteiger partial charge in [0.1, 0.15) is 6.07 Å². The van der Waals surface area contributed by atoms with E-state index in [4.69, 9.17) is 0 Å². The Morgan fingerprint density at radius 1 is 1.35 bits per heavy atom. The van der Waals surface area contributed by atoms with Crippen molar-refractivity contribution in [2.75, 3.05) is 11.4 Å². The Kier molecular flexibility index (Phi) is 3.68. The first-order valence-electron chi connectivity index (χ1n) is 6.54. The molecular weight excluding hydrogens is 208 g/mol. The fourth-order valence-electron chi connectivity index (χ4n) is 2.95. The van der Waals surface area contributed by atoms with Crippen LogP contribution < -0.4 is 4.90 Å². The van der Waals surface area contributed by atoms with Crippen molar-refractivity contribution in [2.45, 2.75) is 45.6 Å². The van der Waals surface area contributed by atoms with E-state index in [0.717, 1.165) is 17.8 Å². The molecule has 0 radical (unpaired) electrons. The van der Waals surface area contributed by atoms with Crippen LogP contribution in [0.4, 0.5) is 5.69 Å². The van der Waals surface area contributed by atoms with Crippen molar-refractivity contribution in [1.82, 2.24) is 0 Å². The van der Waals surface area contributed by atoms with Crippen LogP contribution in [0.1, 0.15) is 43.7 Å². The van der Waals surface area contributed by atoms with Crippen LogP contribution in [0.25, 0.3) is 0 Å². The predicted molar refractivity (Wildman–Crippen MR) is 71.2 cm³/mol. The normalized spacial score (nSPS) is 15.8. The topological polar surface area (TPSA) is 27.0 Å². The van der Waals surface area contributed by atoms with E-state index in [-0.39, 0.29) is 0 Å². The standard InChI is InChI=1S/C15H20N2/c1-3-17(14-9-4-5-10-14)15-12(2)7-6-8-13(15)11-16/h6-8,14H,3-5,9-10H2,1-2H3. The molecule has 2 rings (SSSR count). The van der Waals surface area contributed by atoms with E-state index in [2.05, 4.69) is 30.9 Å². The highest BCUT2D eigenvalue weighted by Gasteiger charge is 2.24. The van der Waals surface area contributed by atoms with Gasteiger partial charge in [0.15, 0.2) is 0 Å². The largest absolute Gasteiger partial charge is 0.368 e. The van der Waals surface area contributed by atoms with E-state index in [9.17, 15) is 5.26 Å². The molecule has 0 aromatic heterocycles. The van der Waals surface area contributed by atoms with E-state index in [1.54, 1.807) is 0 Å². The Morgan fingerprint density at radius 2 is 2.06 bits per heavy atom. The second-order valence-electron chi connectivity index (χ2n) is 4.81. The lowest BCUT2D eigenvalue weighted by atomic mass is 10.0. The van der Waals surface area contributed by atoms with E-state index in [0.29, 0.717) is 6.04 Å². The van der Waals surface area contributed by atoms with Crippen molar-refractivity contribution in [3.63, 3.8) is 0 Å². The average molecular weight is 228 g/mol. The molecule has 1 aromatic rings.